The lowest BCUT2D eigenvalue weighted by Gasteiger charge is -2.11. The smallest absolute Gasteiger partial charge is 0.259 e. The molecule has 1 aromatic carbocycles. The minimum Gasteiger partial charge on any atom is -0.505 e. The Kier molecular flexibility index (Phi) is 4.36. The Morgan fingerprint density at radius 1 is 1.36 bits per heavy atom. The van der Waals surface area contributed by atoms with Gasteiger partial charge in [0.1, 0.15) is 11.3 Å². The second-order valence-electron chi connectivity index (χ2n) is 4.78. The van der Waals surface area contributed by atoms with Gasteiger partial charge in [-0.05, 0) is 30.7 Å². The molecule has 0 atom stereocenters. The van der Waals surface area contributed by atoms with Crippen LogP contribution in [0, 0.1) is 0 Å². The summed E-state index contributed by atoms with van der Waals surface area (Å²) in [6.07, 6.45) is 2.59. The van der Waals surface area contributed by atoms with Crippen molar-refractivity contribution >= 4 is 16.8 Å². The first-order valence-electron chi connectivity index (χ1n) is 6.50. The summed E-state index contributed by atoms with van der Waals surface area (Å²) in [7, 11) is 0. The van der Waals surface area contributed by atoms with Gasteiger partial charge in [0.05, 0.1) is 5.56 Å². The van der Waals surface area contributed by atoms with Crippen molar-refractivity contribution in [1.82, 2.24) is 10.3 Å². The van der Waals surface area contributed by atoms with Crippen LogP contribution in [0.15, 0.2) is 66.8 Å². The van der Waals surface area contributed by atoms with E-state index in [1.54, 1.807) is 25.1 Å². The second kappa shape index (κ2) is 6.22. The average molecular weight is 298 g/mol. The van der Waals surface area contributed by atoms with E-state index in [0.717, 1.165) is 6.08 Å². The van der Waals surface area contributed by atoms with Crippen molar-refractivity contribution in [3.63, 3.8) is 0 Å². The van der Waals surface area contributed by atoms with Crippen LogP contribution in [-0.2, 0) is 0 Å². The molecule has 2 N–H and O–H groups in total. The summed E-state index contributed by atoms with van der Waals surface area (Å²) in [5.41, 5.74) is 1.03. The minimum atomic E-state index is -0.706. The van der Waals surface area contributed by atoms with Crippen molar-refractivity contribution in [3.8, 4) is 5.75 Å². The van der Waals surface area contributed by atoms with Crippen LogP contribution in [0.25, 0.3) is 10.9 Å². The van der Waals surface area contributed by atoms with Gasteiger partial charge in [0.2, 0.25) is 0 Å². The fourth-order valence-electron chi connectivity index (χ4n) is 1.93. The SMILES string of the molecule is C=C(F)/C=C(/NC(=O)c1ccc2cccnc2c1O)C(=C)C. The van der Waals surface area contributed by atoms with Crippen molar-refractivity contribution in [1.29, 1.82) is 0 Å². The molecule has 0 radical (unpaired) electrons. The number of pyridine rings is 1. The average Bonchev–Trinajstić information content (AvgIpc) is 2.46. The van der Waals surface area contributed by atoms with E-state index in [1.807, 2.05) is 0 Å². The maximum Gasteiger partial charge on any atom is 0.259 e. The fourth-order valence-corrected chi connectivity index (χ4v) is 1.93. The molecule has 1 heterocycles. The number of phenols is 1. The fraction of sp³-hybridized carbons (Fsp3) is 0.0588. The normalized spacial score (nSPS) is 11.3. The number of nitrogens with zero attached hydrogens (tertiary/aromatic N) is 1. The van der Waals surface area contributed by atoms with E-state index in [0.29, 0.717) is 16.5 Å². The number of aromatic nitrogens is 1. The topological polar surface area (TPSA) is 62.2 Å². The van der Waals surface area contributed by atoms with Crippen molar-refractivity contribution in [2.24, 2.45) is 0 Å². The van der Waals surface area contributed by atoms with Crippen LogP contribution in [0.4, 0.5) is 4.39 Å². The van der Waals surface area contributed by atoms with Gasteiger partial charge in [-0.2, -0.15) is 0 Å². The van der Waals surface area contributed by atoms with E-state index in [4.69, 9.17) is 0 Å². The molecule has 0 aliphatic carbocycles. The van der Waals surface area contributed by atoms with E-state index < -0.39 is 11.7 Å². The molecule has 2 rings (SSSR count). The number of halogens is 1. The first kappa shape index (κ1) is 15.4. The monoisotopic (exact) mass is 298 g/mol. The zero-order valence-electron chi connectivity index (χ0n) is 12.1. The van der Waals surface area contributed by atoms with E-state index >= 15 is 0 Å². The number of benzene rings is 1. The number of fused-ring (bicyclic) bond motifs is 1. The lowest BCUT2D eigenvalue weighted by molar-refractivity contribution is 0.0964. The number of hydrogen-bond donors (Lipinski definition) is 2. The number of nitrogens with one attached hydrogen (secondary N) is 1. The van der Waals surface area contributed by atoms with E-state index in [-0.39, 0.29) is 17.0 Å². The van der Waals surface area contributed by atoms with Gasteiger partial charge in [0, 0.05) is 17.3 Å². The first-order chi connectivity index (χ1) is 10.4. The lowest BCUT2D eigenvalue weighted by Crippen LogP contribution is -2.23. The highest BCUT2D eigenvalue weighted by molar-refractivity contribution is 6.03. The zero-order valence-corrected chi connectivity index (χ0v) is 12.1. The molecule has 0 bridgehead atoms. The first-order valence-corrected chi connectivity index (χ1v) is 6.50. The van der Waals surface area contributed by atoms with Gasteiger partial charge < -0.3 is 10.4 Å². The highest BCUT2D eigenvalue weighted by atomic mass is 19.1. The summed E-state index contributed by atoms with van der Waals surface area (Å²) in [5.74, 6) is -1.51. The minimum absolute atomic E-state index is 0.0443. The van der Waals surface area contributed by atoms with Gasteiger partial charge in [-0.15, -0.1) is 0 Å². The second-order valence-corrected chi connectivity index (χ2v) is 4.78. The van der Waals surface area contributed by atoms with Gasteiger partial charge in [-0.1, -0.05) is 25.3 Å². The molecule has 2 aromatic rings. The molecule has 0 saturated heterocycles. The molecule has 0 aliphatic heterocycles. The molecular weight excluding hydrogens is 283 g/mol. The number of amides is 1. The number of carbonyl (C=O) groups is 1. The van der Waals surface area contributed by atoms with Crippen LogP contribution in [0.1, 0.15) is 17.3 Å². The molecule has 112 valence electrons. The summed E-state index contributed by atoms with van der Waals surface area (Å²) in [6, 6.07) is 6.66. The Labute approximate surface area is 127 Å². The van der Waals surface area contributed by atoms with Crippen molar-refractivity contribution in [2.75, 3.05) is 0 Å². The summed E-state index contributed by atoms with van der Waals surface area (Å²) in [6.45, 7) is 8.40. The number of allylic oxidation sites excluding steroid dienone is 3. The predicted octanol–water partition coefficient (Wildman–Crippen LogP) is 3.61. The maximum absolute atomic E-state index is 12.9. The Bertz CT molecular complexity index is 809. The van der Waals surface area contributed by atoms with Crippen LogP contribution < -0.4 is 5.32 Å². The third-order valence-corrected chi connectivity index (χ3v) is 3.00. The number of rotatable bonds is 4. The van der Waals surface area contributed by atoms with Crippen LogP contribution in [0.5, 0.6) is 5.75 Å². The van der Waals surface area contributed by atoms with Gasteiger partial charge >= 0.3 is 0 Å². The van der Waals surface area contributed by atoms with Crippen LogP contribution in [0.3, 0.4) is 0 Å². The highest BCUT2D eigenvalue weighted by Crippen LogP contribution is 2.27. The Morgan fingerprint density at radius 2 is 2.09 bits per heavy atom. The van der Waals surface area contributed by atoms with Crippen molar-refractivity contribution in [2.45, 2.75) is 6.92 Å². The summed E-state index contributed by atoms with van der Waals surface area (Å²) < 4.78 is 12.9. The van der Waals surface area contributed by atoms with Crippen LogP contribution >= 0.6 is 0 Å². The molecule has 1 amide bonds. The van der Waals surface area contributed by atoms with Crippen molar-refractivity contribution in [3.05, 3.63) is 72.4 Å². The van der Waals surface area contributed by atoms with E-state index in [1.165, 1.54) is 12.3 Å². The molecule has 0 aliphatic rings. The third kappa shape index (κ3) is 3.20. The van der Waals surface area contributed by atoms with Crippen LogP contribution in [0.2, 0.25) is 0 Å². The standard InChI is InChI=1S/C17H15FN2O2/c1-10(2)14(9-11(3)18)20-17(22)13-7-6-12-5-4-8-19-15(12)16(13)21/h4-9,21H,1,3H2,2H3,(H,20,22)/b14-9+. The number of aromatic hydroxyl groups is 1. The zero-order chi connectivity index (χ0) is 16.3. The molecule has 22 heavy (non-hydrogen) atoms. The van der Waals surface area contributed by atoms with Gasteiger partial charge in [-0.3, -0.25) is 9.78 Å². The number of carbonyl (C=O) groups excluding carboxylic acids is 1. The molecule has 0 unspecified atom stereocenters. The van der Waals surface area contributed by atoms with E-state index in [2.05, 4.69) is 23.5 Å². The Balaban J connectivity index is 2.39. The van der Waals surface area contributed by atoms with Crippen LogP contribution in [-0.4, -0.2) is 16.0 Å². The Hall–Kier alpha value is -2.95. The molecular formula is C17H15FN2O2. The quantitative estimate of drug-likeness (QED) is 0.848. The largest absolute Gasteiger partial charge is 0.505 e. The maximum atomic E-state index is 12.9. The molecule has 4 nitrogen and oxygen atoms in total. The predicted molar refractivity (Wildman–Crippen MR) is 84.0 cm³/mol. The van der Waals surface area contributed by atoms with Gasteiger partial charge in [0.25, 0.3) is 5.91 Å². The molecule has 1 aromatic heterocycles. The lowest BCUT2D eigenvalue weighted by atomic mass is 10.1. The summed E-state index contributed by atoms with van der Waals surface area (Å²) in [4.78, 5) is 16.3. The number of phenolic OH excluding ortho intramolecular Hbond substituents is 1. The molecule has 0 spiro atoms. The van der Waals surface area contributed by atoms with Crippen molar-refractivity contribution < 1.29 is 14.3 Å². The highest BCUT2D eigenvalue weighted by Gasteiger charge is 2.16. The number of hydrogen-bond acceptors (Lipinski definition) is 3. The van der Waals surface area contributed by atoms with Gasteiger partial charge in [-0.25, -0.2) is 4.39 Å². The van der Waals surface area contributed by atoms with Gasteiger partial charge in [0.15, 0.2) is 5.75 Å². The van der Waals surface area contributed by atoms with E-state index in [9.17, 15) is 14.3 Å². The third-order valence-electron chi connectivity index (χ3n) is 3.00. The Morgan fingerprint density at radius 3 is 2.73 bits per heavy atom. The summed E-state index contributed by atoms with van der Waals surface area (Å²) >= 11 is 0. The molecule has 0 saturated carbocycles. The molecule has 5 heteroatoms. The molecule has 0 fully saturated rings. The summed E-state index contributed by atoms with van der Waals surface area (Å²) in [5, 5.41) is 13.4.